The molecule has 1 aromatic carbocycles. The number of benzene rings is 1. The van der Waals surface area contributed by atoms with Crippen molar-refractivity contribution in [3.05, 3.63) is 34.8 Å². The monoisotopic (exact) mass is 234 g/mol. The Bertz CT molecular complexity index is 485. The number of rotatable bonds is 3. The molecule has 0 bridgehead atoms. The smallest absolute Gasteiger partial charge is 0.231 e. The van der Waals surface area contributed by atoms with Crippen molar-refractivity contribution in [2.45, 2.75) is 6.54 Å². The summed E-state index contributed by atoms with van der Waals surface area (Å²) in [4.78, 5) is 4.20. The average Bonchev–Trinajstić information content (AvgIpc) is 2.97. The van der Waals surface area contributed by atoms with Crippen LogP contribution < -0.4 is 14.8 Å². The maximum absolute atomic E-state index is 5.30. The van der Waals surface area contributed by atoms with Crippen molar-refractivity contribution in [2.24, 2.45) is 0 Å². The summed E-state index contributed by atoms with van der Waals surface area (Å²) < 4.78 is 10.5. The largest absolute Gasteiger partial charge is 0.454 e. The summed E-state index contributed by atoms with van der Waals surface area (Å²) in [6, 6.07) is 5.82. The second-order valence-corrected chi connectivity index (χ2v) is 4.12. The molecular weight excluding hydrogens is 224 g/mol. The van der Waals surface area contributed by atoms with Gasteiger partial charge in [0.25, 0.3) is 0 Å². The van der Waals surface area contributed by atoms with E-state index in [-0.39, 0.29) is 0 Å². The molecule has 0 saturated carbocycles. The van der Waals surface area contributed by atoms with Gasteiger partial charge in [0.05, 0.1) is 17.7 Å². The Balaban J connectivity index is 1.71. The Morgan fingerprint density at radius 2 is 2.25 bits per heavy atom. The summed E-state index contributed by atoms with van der Waals surface area (Å²) in [6.07, 6.45) is 0. The Morgan fingerprint density at radius 1 is 1.31 bits per heavy atom. The SMILES string of the molecule is c1nc(CNc2ccc3c(c2)OCO3)cs1. The zero-order valence-corrected chi connectivity index (χ0v) is 9.29. The lowest BCUT2D eigenvalue weighted by atomic mass is 10.2. The molecule has 0 aliphatic carbocycles. The summed E-state index contributed by atoms with van der Waals surface area (Å²) in [7, 11) is 0. The molecule has 0 atom stereocenters. The van der Waals surface area contributed by atoms with Crippen molar-refractivity contribution in [2.75, 3.05) is 12.1 Å². The van der Waals surface area contributed by atoms with E-state index in [2.05, 4.69) is 10.3 Å². The summed E-state index contributed by atoms with van der Waals surface area (Å²) in [5, 5.41) is 5.31. The van der Waals surface area contributed by atoms with Gasteiger partial charge in [0, 0.05) is 17.1 Å². The maximum Gasteiger partial charge on any atom is 0.231 e. The van der Waals surface area contributed by atoms with Crippen molar-refractivity contribution < 1.29 is 9.47 Å². The van der Waals surface area contributed by atoms with Gasteiger partial charge < -0.3 is 14.8 Å². The fourth-order valence-corrected chi connectivity index (χ4v) is 2.08. The average molecular weight is 234 g/mol. The minimum absolute atomic E-state index is 0.310. The predicted molar refractivity (Wildman–Crippen MR) is 62.0 cm³/mol. The molecule has 0 amide bonds. The molecule has 0 unspecified atom stereocenters. The number of anilines is 1. The molecule has 1 aliphatic rings. The van der Waals surface area contributed by atoms with Gasteiger partial charge in [-0.2, -0.15) is 0 Å². The Labute approximate surface area is 96.8 Å². The van der Waals surface area contributed by atoms with E-state index in [1.807, 2.05) is 29.1 Å². The molecule has 1 aromatic heterocycles. The van der Waals surface area contributed by atoms with Crippen LogP contribution in [0.4, 0.5) is 5.69 Å². The third-order valence-corrected chi connectivity index (χ3v) is 2.96. The van der Waals surface area contributed by atoms with Gasteiger partial charge in [-0.05, 0) is 12.1 Å². The van der Waals surface area contributed by atoms with Gasteiger partial charge in [-0.25, -0.2) is 4.98 Å². The first-order valence-corrected chi connectivity index (χ1v) is 5.87. The van der Waals surface area contributed by atoms with Crippen molar-refractivity contribution in [3.63, 3.8) is 0 Å². The number of hydrogen-bond donors (Lipinski definition) is 1. The molecule has 4 nitrogen and oxygen atoms in total. The summed E-state index contributed by atoms with van der Waals surface area (Å²) >= 11 is 1.60. The molecule has 2 heterocycles. The number of thiazole rings is 1. The van der Waals surface area contributed by atoms with Crippen LogP contribution in [0.2, 0.25) is 0 Å². The number of nitrogens with one attached hydrogen (secondary N) is 1. The standard InChI is InChI=1S/C11H10N2O2S/c1-2-10-11(15-7-14-10)3-8(1)12-4-9-5-16-6-13-9/h1-3,5-6,12H,4,7H2. The Morgan fingerprint density at radius 3 is 3.12 bits per heavy atom. The van der Waals surface area contributed by atoms with Gasteiger partial charge in [-0.15, -0.1) is 11.3 Å². The maximum atomic E-state index is 5.30. The van der Waals surface area contributed by atoms with Gasteiger partial charge in [0.15, 0.2) is 11.5 Å². The molecule has 0 saturated heterocycles. The number of nitrogens with zero attached hydrogens (tertiary/aromatic N) is 1. The third kappa shape index (κ3) is 1.81. The van der Waals surface area contributed by atoms with E-state index in [9.17, 15) is 0 Å². The molecule has 1 N–H and O–H groups in total. The lowest BCUT2D eigenvalue weighted by Gasteiger charge is -2.05. The Hall–Kier alpha value is -1.75. The second kappa shape index (κ2) is 4.02. The molecule has 2 aromatic rings. The van der Waals surface area contributed by atoms with Crippen molar-refractivity contribution in [3.8, 4) is 11.5 Å². The topological polar surface area (TPSA) is 43.4 Å². The van der Waals surface area contributed by atoms with Gasteiger partial charge in [-0.3, -0.25) is 0 Å². The highest BCUT2D eigenvalue weighted by Gasteiger charge is 2.12. The minimum atomic E-state index is 0.310. The fourth-order valence-electron chi connectivity index (χ4n) is 1.52. The molecule has 1 aliphatic heterocycles. The fraction of sp³-hybridized carbons (Fsp3) is 0.182. The van der Waals surface area contributed by atoms with Crippen LogP contribution in [-0.2, 0) is 6.54 Å². The summed E-state index contributed by atoms with van der Waals surface area (Å²) in [6.45, 7) is 1.04. The van der Waals surface area contributed by atoms with Gasteiger partial charge >= 0.3 is 0 Å². The molecule has 82 valence electrons. The summed E-state index contributed by atoms with van der Waals surface area (Å²) in [5.74, 6) is 1.60. The minimum Gasteiger partial charge on any atom is -0.454 e. The van der Waals surface area contributed by atoms with Crippen LogP contribution in [0, 0.1) is 0 Å². The van der Waals surface area contributed by atoms with Crippen LogP contribution in [0.1, 0.15) is 5.69 Å². The van der Waals surface area contributed by atoms with Gasteiger partial charge in [0.2, 0.25) is 6.79 Å². The predicted octanol–water partition coefficient (Wildman–Crippen LogP) is 2.48. The zero-order valence-electron chi connectivity index (χ0n) is 8.47. The highest BCUT2D eigenvalue weighted by molar-refractivity contribution is 7.07. The molecule has 3 rings (SSSR count). The summed E-state index contributed by atoms with van der Waals surface area (Å²) in [5.41, 5.74) is 3.89. The van der Waals surface area contributed by atoms with Gasteiger partial charge in [-0.1, -0.05) is 0 Å². The van der Waals surface area contributed by atoms with E-state index in [1.165, 1.54) is 0 Å². The lowest BCUT2D eigenvalue weighted by Crippen LogP contribution is -1.99. The molecule has 0 radical (unpaired) electrons. The number of fused-ring (bicyclic) bond motifs is 1. The highest BCUT2D eigenvalue weighted by atomic mass is 32.1. The van der Waals surface area contributed by atoms with E-state index in [0.29, 0.717) is 6.79 Å². The van der Waals surface area contributed by atoms with Crippen molar-refractivity contribution in [1.29, 1.82) is 0 Å². The van der Waals surface area contributed by atoms with E-state index >= 15 is 0 Å². The van der Waals surface area contributed by atoms with E-state index in [1.54, 1.807) is 11.3 Å². The van der Waals surface area contributed by atoms with Crippen LogP contribution >= 0.6 is 11.3 Å². The molecule has 0 fully saturated rings. The van der Waals surface area contributed by atoms with Crippen LogP contribution in [0.5, 0.6) is 11.5 Å². The third-order valence-electron chi connectivity index (χ3n) is 2.33. The molecule has 5 heteroatoms. The van der Waals surface area contributed by atoms with Crippen LogP contribution in [0.15, 0.2) is 29.1 Å². The van der Waals surface area contributed by atoms with Crippen molar-refractivity contribution >= 4 is 17.0 Å². The number of ether oxygens (including phenoxy) is 2. The number of hydrogen-bond acceptors (Lipinski definition) is 5. The lowest BCUT2D eigenvalue weighted by molar-refractivity contribution is 0.174. The first-order valence-electron chi connectivity index (χ1n) is 4.92. The molecule has 16 heavy (non-hydrogen) atoms. The normalized spacial score (nSPS) is 12.8. The highest BCUT2D eigenvalue weighted by Crippen LogP contribution is 2.34. The Kier molecular flexibility index (Phi) is 2.38. The van der Waals surface area contributed by atoms with Crippen LogP contribution in [0.3, 0.4) is 0 Å². The van der Waals surface area contributed by atoms with Crippen LogP contribution in [0.25, 0.3) is 0 Å². The van der Waals surface area contributed by atoms with E-state index < -0.39 is 0 Å². The zero-order chi connectivity index (χ0) is 10.8. The van der Waals surface area contributed by atoms with Crippen LogP contribution in [-0.4, -0.2) is 11.8 Å². The van der Waals surface area contributed by atoms with Gasteiger partial charge in [0.1, 0.15) is 0 Å². The second-order valence-electron chi connectivity index (χ2n) is 3.40. The van der Waals surface area contributed by atoms with E-state index in [4.69, 9.17) is 9.47 Å². The van der Waals surface area contributed by atoms with Crippen molar-refractivity contribution in [1.82, 2.24) is 4.98 Å². The molecule has 0 spiro atoms. The molecular formula is C11H10N2O2S. The first kappa shape index (κ1) is 9.47. The quantitative estimate of drug-likeness (QED) is 0.886. The first-order chi connectivity index (χ1) is 7.92. The number of aromatic nitrogens is 1. The van der Waals surface area contributed by atoms with E-state index in [0.717, 1.165) is 29.4 Å².